The lowest BCUT2D eigenvalue weighted by Gasteiger charge is -2.14. The summed E-state index contributed by atoms with van der Waals surface area (Å²) in [5.41, 5.74) is 3.17. The Morgan fingerprint density at radius 1 is 1.14 bits per heavy atom. The smallest absolute Gasteiger partial charge is 0.429 e. The Balaban J connectivity index is 1.71. The predicted molar refractivity (Wildman–Crippen MR) is 76.2 cm³/mol. The highest BCUT2D eigenvalue weighted by Crippen LogP contribution is 2.26. The summed E-state index contributed by atoms with van der Waals surface area (Å²) < 4.78 is 18.8. The first kappa shape index (κ1) is 14.1. The highest BCUT2D eigenvalue weighted by Gasteiger charge is 2.35. The zero-order chi connectivity index (χ0) is 15.5. The number of halogens is 1. The van der Waals surface area contributed by atoms with Gasteiger partial charge in [0.05, 0.1) is 6.54 Å². The first-order chi connectivity index (χ1) is 10.6. The van der Waals surface area contributed by atoms with E-state index in [9.17, 15) is 14.0 Å². The van der Waals surface area contributed by atoms with Gasteiger partial charge in [-0.2, -0.15) is 0 Å². The van der Waals surface area contributed by atoms with Gasteiger partial charge in [0.2, 0.25) is 0 Å². The Morgan fingerprint density at radius 2 is 1.82 bits per heavy atom. The number of rotatable bonds is 3. The van der Waals surface area contributed by atoms with Crippen LogP contribution in [0.2, 0.25) is 0 Å². The monoisotopic (exact) mass is 300 g/mol. The first-order valence-corrected chi connectivity index (χ1v) is 6.74. The third-order valence-electron chi connectivity index (χ3n) is 3.34. The van der Waals surface area contributed by atoms with Crippen LogP contribution >= 0.6 is 0 Å². The van der Waals surface area contributed by atoms with Gasteiger partial charge >= 0.3 is 6.09 Å². The van der Waals surface area contributed by atoms with E-state index in [4.69, 9.17) is 4.74 Å². The Kier molecular flexibility index (Phi) is 3.74. The van der Waals surface area contributed by atoms with Gasteiger partial charge in [0.15, 0.2) is 6.10 Å². The number of carbonyl (C=O) groups excluding carboxylic acids is 2. The number of hydrazine groups is 1. The van der Waals surface area contributed by atoms with Crippen LogP contribution in [0.5, 0.6) is 0 Å². The van der Waals surface area contributed by atoms with Crippen molar-refractivity contribution in [3.63, 3.8) is 0 Å². The SMILES string of the molecule is O=C(NN1CC(c2ccccc2F)OC1=O)c1ccccc1. The van der Waals surface area contributed by atoms with Gasteiger partial charge in [-0.05, 0) is 18.2 Å². The molecule has 1 N–H and O–H groups in total. The molecule has 22 heavy (non-hydrogen) atoms. The van der Waals surface area contributed by atoms with Gasteiger partial charge < -0.3 is 4.74 Å². The van der Waals surface area contributed by atoms with Gasteiger partial charge in [0.1, 0.15) is 5.82 Å². The molecule has 1 unspecified atom stereocenters. The van der Waals surface area contributed by atoms with E-state index < -0.39 is 23.9 Å². The minimum absolute atomic E-state index is 0.0539. The maximum Gasteiger partial charge on any atom is 0.429 e. The van der Waals surface area contributed by atoms with E-state index in [0.29, 0.717) is 5.56 Å². The molecule has 1 saturated heterocycles. The van der Waals surface area contributed by atoms with Crippen molar-refractivity contribution >= 4 is 12.0 Å². The van der Waals surface area contributed by atoms with Gasteiger partial charge in [-0.1, -0.05) is 36.4 Å². The number of benzene rings is 2. The maximum absolute atomic E-state index is 13.7. The van der Waals surface area contributed by atoms with E-state index in [-0.39, 0.29) is 12.1 Å². The van der Waals surface area contributed by atoms with Crippen LogP contribution in [-0.4, -0.2) is 23.6 Å². The van der Waals surface area contributed by atoms with Crippen LogP contribution < -0.4 is 5.43 Å². The third kappa shape index (κ3) is 2.76. The molecule has 0 aromatic heterocycles. The Morgan fingerprint density at radius 3 is 2.55 bits per heavy atom. The number of amides is 2. The number of nitrogens with one attached hydrogen (secondary N) is 1. The second-order valence-corrected chi connectivity index (χ2v) is 4.81. The minimum atomic E-state index is -0.746. The van der Waals surface area contributed by atoms with Crippen molar-refractivity contribution in [1.82, 2.24) is 10.4 Å². The third-order valence-corrected chi connectivity index (χ3v) is 3.34. The minimum Gasteiger partial charge on any atom is -0.438 e. The summed E-state index contributed by atoms with van der Waals surface area (Å²) in [6.45, 7) is 0.0539. The highest BCUT2D eigenvalue weighted by atomic mass is 19.1. The van der Waals surface area contributed by atoms with E-state index in [1.807, 2.05) is 0 Å². The molecule has 5 nitrogen and oxygen atoms in total. The zero-order valence-corrected chi connectivity index (χ0v) is 11.5. The molecule has 0 spiro atoms. The first-order valence-electron chi connectivity index (χ1n) is 6.74. The number of cyclic esters (lactones) is 1. The summed E-state index contributed by atoms with van der Waals surface area (Å²) in [6, 6.07) is 14.6. The number of hydrogen-bond donors (Lipinski definition) is 1. The molecule has 0 saturated carbocycles. The van der Waals surface area contributed by atoms with Gasteiger partial charge in [-0.25, -0.2) is 14.2 Å². The molecule has 6 heteroatoms. The molecule has 1 fully saturated rings. The predicted octanol–water partition coefficient (Wildman–Crippen LogP) is 2.66. The molecule has 0 bridgehead atoms. The second-order valence-electron chi connectivity index (χ2n) is 4.81. The van der Waals surface area contributed by atoms with Crippen molar-refractivity contribution in [2.45, 2.75) is 6.10 Å². The number of nitrogens with zero attached hydrogens (tertiary/aromatic N) is 1. The molecular formula is C16H13FN2O3. The molecule has 1 aliphatic heterocycles. The summed E-state index contributed by atoms with van der Waals surface area (Å²) in [4.78, 5) is 23.8. The van der Waals surface area contributed by atoms with Crippen LogP contribution in [0.15, 0.2) is 54.6 Å². The second kappa shape index (κ2) is 5.85. The standard InChI is InChI=1S/C16H13FN2O3/c17-13-9-5-4-8-12(13)14-10-19(16(21)22-14)18-15(20)11-6-2-1-3-7-11/h1-9,14H,10H2,(H,18,20). The van der Waals surface area contributed by atoms with E-state index in [2.05, 4.69) is 5.43 Å². The van der Waals surface area contributed by atoms with Crippen molar-refractivity contribution in [3.05, 3.63) is 71.5 Å². The largest absolute Gasteiger partial charge is 0.438 e. The molecule has 0 radical (unpaired) electrons. The molecule has 2 aromatic rings. The van der Waals surface area contributed by atoms with Crippen molar-refractivity contribution in [2.75, 3.05) is 6.54 Å². The molecule has 0 aliphatic carbocycles. The maximum atomic E-state index is 13.7. The van der Waals surface area contributed by atoms with Gasteiger partial charge in [-0.3, -0.25) is 10.2 Å². The summed E-state index contributed by atoms with van der Waals surface area (Å²) in [7, 11) is 0. The van der Waals surface area contributed by atoms with E-state index in [1.165, 1.54) is 6.07 Å². The van der Waals surface area contributed by atoms with Gasteiger partial charge in [-0.15, -0.1) is 0 Å². The quantitative estimate of drug-likeness (QED) is 0.948. The van der Waals surface area contributed by atoms with E-state index in [0.717, 1.165) is 5.01 Å². The zero-order valence-electron chi connectivity index (χ0n) is 11.5. The van der Waals surface area contributed by atoms with Crippen LogP contribution in [0.4, 0.5) is 9.18 Å². The Bertz CT molecular complexity index is 706. The number of ether oxygens (including phenoxy) is 1. The van der Waals surface area contributed by atoms with Crippen LogP contribution in [0, 0.1) is 5.82 Å². The van der Waals surface area contributed by atoms with Crippen LogP contribution in [0.1, 0.15) is 22.0 Å². The van der Waals surface area contributed by atoms with Crippen LogP contribution in [-0.2, 0) is 4.74 Å². The lowest BCUT2D eigenvalue weighted by Crippen LogP contribution is -2.42. The molecule has 1 heterocycles. The molecule has 1 aliphatic rings. The number of hydrogen-bond acceptors (Lipinski definition) is 3. The van der Waals surface area contributed by atoms with Crippen molar-refractivity contribution in [1.29, 1.82) is 0 Å². The van der Waals surface area contributed by atoms with E-state index in [1.54, 1.807) is 48.5 Å². The van der Waals surface area contributed by atoms with Gasteiger partial charge in [0.25, 0.3) is 5.91 Å². The summed E-state index contributed by atoms with van der Waals surface area (Å²) in [5, 5.41) is 1.05. The average molecular weight is 300 g/mol. The van der Waals surface area contributed by atoms with Crippen molar-refractivity contribution < 1.29 is 18.7 Å². The fourth-order valence-electron chi connectivity index (χ4n) is 2.23. The molecule has 112 valence electrons. The summed E-state index contributed by atoms with van der Waals surface area (Å²) in [5.74, 6) is -0.872. The highest BCUT2D eigenvalue weighted by molar-refractivity contribution is 5.95. The van der Waals surface area contributed by atoms with Crippen molar-refractivity contribution in [2.24, 2.45) is 0 Å². The Hall–Kier alpha value is -2.89. The van der Waals surface area contributed by atoms with Crippen molar-refractivity contribution in [3.8, 4) is 0 Å². The molecule has 2 amide bonds. The number of carbonyl (C=O) groups is 2. The molecular weight excluding hydrogens is 287 g/mol. The van der Waals surface area contributed by atoms with E-state index >= 15 is 0 Å². The van der Waals surface area contributed by atoms with Crippen LogP contribution in [0.3, 0.4) is 0 Å². The lowest BCUT2D eigenvalue weighted by atomic mass is 10.1. The van der Waals surface area contributed by atoms with Crippen LogP contribution in [0.25, 0.3) is 0 Å². The fraction of sp³-hybridized carbons (Fsp3) is 0.125. The molecule has 2 aromatic carbocycles. The van der Waals surface area contributed by atoms with Gasteiger partial charge in [0, 0.05) is 11.1 Å². The average Bonchev–Trinajstić information content (AvgIpc) is 2.89. The molecule has 3 rings (SSSR count). The topological polar surface area (TPSA) is 58.6 Å². The Labute approximate surface area is 126 Å². The summed E-state index contributed by atoms with van der Waals surface area (Å²) in [6.07, 6.45) is -1.46. The molecule has 1 atom stereocenters. The summed E-state index contributed by atoms with van der Waals surface area (Å²) >= 11 is 0. The lowest BCUT2D eigenvalue weighted by molar-refractivity contribution is 0.0829. The fourth-order valence-corrected chi connectivity index (χ4v) is 2.23. The normalized spacial score (nSPS) is 17.2.